The second-order valence-electron chi connectivity index (χ2n) is 6.41. The van der Waals surface area contributed by atoms with Crippen molar-refractivity contribution in [3.8, 4) is 4.33 Å². The first kappa shape index (κ1) is 24.3. The van der Waals surface area contributed by atoms with Crippen LogP contribution >= 0.6 is 0 Å². The zero-order chi connectivity index (χ0) is 19.6. The fraction of sp³-hybridized carbons (Fsp3) is 0.500. The van der Waals surface area contributed by atoms with Gasteiger partial charge in [-0.15, -0.1) is 0 Å². The number of benzene rings is 1. The number of allylic oxidation sites excluding steroid dienone is 4. The van der Waals surface area contributed by atoms with Crippen molar-refractivity contribution in [2.75, 3.05) is 13.1 Å². The smallest absolute Gasteiger partial charge is 0.0398 e. The van der Waals surface area contributed by atoms with Gasteiger partial charge in [0.15, 0.2) is 0 Å². The topological polar surface area (TPSA) is 3.24 Å². The molecule has 1 aliphatic rings. The normalized spacial score (nSPS) is 13.9. The third-order valence-corrected chi connectivity index (χ3v) is 6.16. The predicted molar refractivity (Wildman–Crippen MR) is 110 cm³/mol. The third kappa shape index (κ3) is 8.52. The number of rotatable bonds is 2. The minimum atomic E-state index is 0.694. The maximum atomic E-state index is 4.87. The van der Waals surface area contributed by atoms with Gasteiger partial charge in [0, 0.05) is 0 Å². The van der Waals surface area contributed by atoms with E-state index in [0.29, 0.717) is 5.92 Å². The van der Waals surface area contributed by atoms with E-state index in [1.54, 1.807) is 11.1 Å². The summed E-state index contributed by atoms with van der Waals surface area (Å²) < 4.78 is 3.12. The van der Waals surface area contributed by atoms with Gasteiger partial charge in [-0.1, -0.05) is 47.9 Å². The minimum Gasteiger partial charge on any atom is -0.780 e. The number of hydrogen-bond acceptors (Lipinski definition) is 2. The van der Waals surface area contributed by atoms with Crippen molar-refractivity contribution in [2.24, 2.45) is 5.92 Å². The first-order valence-corrected chi connectivity index (χ1v) is 10.8. The summed E-state index contributed by atoms with van der Waals surface area (Å²) in [4.78, 5) is 3.07. The Balaban J connectivity index is 0.000000353. The van der Waals surface area contributed by atoms with E-state index >= 15 is 0 Å². The summed E-state index contributed by atoms with van der Waals surface area (Å²) in [6.07, 6.45) is 0. The van der Waals surface area contributed by atoms with Crippen molar-refractivity contribution in [3.63, 3.8) is 0 Å². The molecular formula is C22H33NSW. The molecule has 0 aromatic heterocycles. The molecule has 0 unspecified atom stereocenters. The van der Waals surface area contributed by atoms with Crippen LogP contribution in [0.15, 0.2) is 51.5 Å². The summed E-state index contributed by atoms with van der Waals surface area (Å²) in [5, 5.41) is 0. The van der Waals surface area contributed by atoms with Crippen LogP contribution in [-0.4, -0.2) is 18.0 Å². The Hall–Kier alpha value is -0.652. The first-order valence-electron chi connectivity index (χ1n) is 8.90. The molecule has 1 aliphatic carbocycles. The molecule has 3 heteroatoms. The maximum absolute atomic E-state index is 4.87. The van der Waals surface area contributed by atoms with Gasteiger partial charge < -0.3 is 12.6 Å². The van der Waals surface area contributed by atoms with Crippen LogP contribution in [0.2, 0.25) is 0 Å². The first-order chi connectivity index (χ1) is 11.7. The summed E-state index contributed by atoms with van der Waals surface area (Å²) in [7, 11) is 0. The zero-order valence-corrected chi connectivity index (χ0v) is 20.8. The van der Waals surface area contributed by atoms with Gasteiger partial charge >= 0.3 is 55.3 Å². The van der Waals surface area contributed by atoms with Crippen molar-refractivity contribution in [1.82, 2.24) is 4.90 Å². The Morgan fingerprint density at radius 3 is 1.48 bits per heavy atom. The van der Waals surface area contributed by atoms with Gasteiger partial charge in [0.05, 0.1) is 0 Å². The minimum absolute atomic E-state index is 0.694. The Morgan fingerprint density at radius 1 is 0.920 bits per heavy atom. The number of nitrogens with zero attached hydrogens (tertiary/aromatic N) is 1. The molecule has 25 heavy (non-hydrogen) atoms. The molecule has 0 amide bonds. The van der Waals surface area contributed by atoms with Gasteiger partial charge in [0.25, 0.3) is 0 Å². The molecule has 138 valence electrons. The van der Waals surface area contributed by atoms with Gasteiger partial charge in [-0.05, 0) is 51.7 Å². The van der Waals surface area contributed by atoms with E-state index in [4.69, 9.17) is 12.6 Å². The van der Waals surface area contributed by atoms with Gasteiger partial charge in [-0.25, -0.2) is 0 Å². The quantitative estimate of drug-likeness (QED) is 0.343. The monoisotopic (exact) mass is 527 g/mol. The molecule has 0 saturated heterocycles. The van der Waals surface area contributed by atoms with Crippen LogP contribution in [0, 0.1) is 17.2 Å². The van der Waals surface area contributed by atoms with Crippen molar-refractivity contribution in [3.05, 3.63) is 52.1 Å². The standard InChI is InChI=1S/C10H16.C7H8S.C5H10N.W/c1-6-7(2)9(4)10(5)8(6)3;1-6-2-4-7(8)5-3-6;1-4-6(3)5-2;/h6H,1-5H3;2-5,8H,1H3;4-5H2,1-2H3;/q;;;+1/p-1. The molecule has 0 spiro atoms. The molecule has 0 heterocycles. The van der Waals surface area contributed by atoms with E-state index in [1.807, 2.05) is 24.3 Å². The van der Waals surface area contributed by atoms with Crippen LogP contribution in [0.1, 0.15) is 54.0 Å². The van der Waals surface area contributed by atoms with Gasteiger partial charge in [0.2, 0.25) is 0 Å². The summed E-state index contributed by atoms with van der Waals surface area (Å²) in [5.41, 5.74) is 7.37. The van der Waals surface area contributed by atoms with E-state index in [0.717, 1.165) is 18.0 Å². The van der Waals surface area contributed by atoms with E-state index in [-0.39, 0.29) is 0 Å². The average Bonchev–Trinajstić information content (AvgIpc) is 2.78. The SMILES string of the molecule is CC1=C(C)C(C)C(C)=C1C.CCN([C]#[W+])CC.Cc1ccc([S-])cc1. The second kappa shape index (κ2) is 12.7. The molecule has 0 aliphatic heterocycles. The Kier molecular flexibility index (Phi) is 12.3. The summed E-state index contributed by atoms with van der Waals surface area (Å²) in [5.74, 6) is 0.694. The van der Waals surface area contributed by atoms with Crippen molar-refractivity contribution in [2.45, 2.75) is 60.3 Å². The Labute approximate surface area is 172 Å². The number of aryl methyl sites for hydroxylation is 1. The molecule has 0 bridgehead atoms. The number of hydrogen-bond donors (Lipinski definition) is 0. The molecule has 1 nitrogen and oxygen atoms in total. The van der Waals surface area contributed by atoms with E-state index in [9.17, 15) is 0 Å². The van der Waals surface area contributed by atoms with Gasteiger partial charge in [0.1, 0.15) is 0 Å². The summed E-state index contributed by atoms with van der Waals surface area (Å²) in [6, 6.07) is 7.90. The largest absolute Gasteiger partial charge is 0.780 e. The third-order valence-electron chi connectivity index (χ3n) is 4.96. The molecule has 2 rings (SSSR count). The van der Waals surface area contributed by atoms with Crippen LogP contribution in [0.5, 0.6) is 0 Å². The van der Waals surface area contributed by atoms with Crippen LogP contribution < -0.4 is 0 Å². The fourth-order valence-electron chi connectivity index (χ4n) is 2.46. The molecule has 0 radical (unpaired) electrons. The van der Waals surface area contributed by atoms with Crippen LogP contribution in [0.4, 0.5) is 0 Å². The zero-order valence-electron chi connectivity index (χ0n) is 17.1. The summed E-state index contributed by atoms with van der Waals surface area (Å²) in [6.45, 7) is 19.7. The molecule has 0 fully saturated rings. The van der Waals surface area contributed by atoms with E-state index in [2.05, 4.69) is 64.6 Å². The Bertz CT molecular complexity index is 586. The fourth-order valence-corrected chi connectivity index (χ4v) is 3.52. The van der Waals surface area contributed by atoms with Crippen LogP contribution in [0.25, 0.3) is 0 Å². The van der Waals surface area contributed by atoms with Crippen molar-refractivity contribution >= 4 is 12.6 Å². The van der Waals surface area contributed by atoms with Crippen molar-refractivity contribution in [1.29, 1.82) is 0 Å². The second-order valence-corrected chi connectivity index (χ2v) is 7.54. The molecule has 0 saturated carbocycles. The molecule has 0 atom stereocenters. The maximum Gasteiger partial charge on any atom is -0.0398 e. The van der Waals surface area contributed by atoms with Crippen LogP contribution in [-0.2, 0) is 31.8 Å². The van der Waals surface area contributed by atoms with Gasteiger partial charge in [-0.2, -0.15) is 4.90 Å². The van der Waals surface area contributed by atoms with Crippen LogP contribution in [0.3, 0.4) is 0 Å². The van der Waals surface area contributed by atoms with E-state index in [1.165, 1.54) is 35.9 Å². The van der Waals surface area contributed by atoms with E-state index < -0.39 is 0 Å². The summed E-state index contributed by atoms with van der Waals surface area (Å²) >= 11 is 6.29. The average molecular weight is 527 g/mol. The molecule has 0 N–H and O–H groups in total. The molecular weight excluding hydrogens is 494 g/mol. The van der Waals surface area contributed by atoms with Crippen molar-refractivity contribution < 1.29 is 19.2 Å². The molecule has 1 aromatic rings. The molecule has 1 aromatic carbocycles. The predicted octanol–water partition coefficient (Wildman–Crippen LogP) is 6.00. The van der Waals surface area contributed by atoms with Gasteiger partial charge in [-0.3, -0.25) is 0 Å². The Morgan fingerprint density at radius 2 is 1.32 bits per heavy atom.